The van der Waals surface area contributed by atoms with Crippen LogP contribution in [0.3, 0.4) is 0 Å². The first-order chi connectivity index (χ1) is 11.7. The maximum atomic E-state index is 12.5. The van der Waals surface area contributed by atoms with Gasteiger partial charge in [0, 0.05) is 28.3 Å². The first kappa shape index (κ1) is 17.1. The third kappa shape index (κ3) is 3.51. The Morgan fingerprint density at radius 2 is 1.75 bits per heavy atom. The van der Waals surface area contributed by atoms with Crippen LogP contribution in [-0.4, -0.2) is 12.3 Å². The predicted octanol–water partition coefficient (Wildman–Crippen LogP) is 6.46. The number of para-hydroxylation sites is 1. The normalized spacial score (nSPS) is 12.7. The molecule has 3 rings (SSSR count). The van der Waals surface area contributed by atoms with Crippen LogP contribution in [0.5, 0.6) is 0 Å². The first-order valence-electron chi connectivity index (χ1n) is 8.96. The zero-order chi connectivity index (χ0) is 16.9. The van der Waals surface area contributed by atoms with Crippen LogP contribution in [0.25, 0.3) is 0 Å². The molecule has 1 heterocycles. The number of hydrogen-bond donors (Lipinski definition) is 0. The van der Waals surface area contributed by atoms with Crippen molar-refractivity contribution in [3.8, 4) is 0 Å². The van der Waals surface area contributed by atoms with Crippen molar-refractivity contribution >= 4 is 28.9 Å². The fraction of sp³-hybridized carbons (Fsp3) is 0.381. The van der Waals surface area contributed by atoms with E-state index in [1.807, 2.05) is 6.07 Å². The van der Waals surface area contributed by atoms with Crippen LogP contribution in [0.2, 0.25) is 0 Å². The lowest BCUT2D eigenvalue weighted by Gasteiger charge is -2.32. The molecule has 0 atom stereocenters. The van der Waals surface area contributed by atoms with Gasteiger partial charge in [-0.25, -0.2) is 0 Å². The van der Waals surface area contributed by atoms with E-state index in [0.29, 0.717) is 6.42 Å². The molecule has 0 aliphatic carbocycles. The lowest BCUT2D eigenvalue weighted by Crippen LogP contribution is -2.20. The molecule has 0 N–H and O–H groups in total. The summed E-state index contributed by atoms with van der Waals surface area (Å²) in [6.45, 7) is 5.29. The molecule has 0 unspecified atom stereocenters. The Bertz CT molecular complexity index is 726. The highest BCUT2D eigenvalue weighted by atomic mass is 32.2. The van der Waals surface area contributed by atoms with Crippen LogP contribution in [-0.2, 0) is 0 Å². The molecule has 24 heavy (non-hydrogen) atoms. The molecule has 2 nitrogen and oxygen atoms in total. The summed E-state index contributed by atoms with van der Waals surface area (Å²) in [5.41, 5.74) is 3.33. The number of nitrogens with zero attached hydrogens (tertiary/aromatic N) is 1. The molecular formula is C21H25NOS. The Morgan fingerprint density at radius 1 is 0.958 bits per heavy atom. The average molecular weight is 340 g/mol. The van der Waals surface area contributed by atoms with E-state index >= 15 is 0 Å². The molecule has 0 saturated heterocycles. The number of unbranched alkanes of at least 4 members (excludes halogenated alkanes) is 3. The van der Waals surface area contributed by atoms with Crippen LogP contribution < -0.4 is 4.90 Å². The van der Waals surface area contributed by atoms with Crippen LogP contribution in [0.1, 0.15) is 56.3 Å². The molecular weight excluding hydrogens is 314 g/mol. The molecule has 0 fully saturated rings. The summed E-state index contributed by atoms with van der Waals surface area (Å²) in [6.07, 6.45) is 5.24. The fourth-order valence-electron chi connectivity index (χ4n) is 3.20. The van der Waals surface area contributed by atoms with Gasteiger partial charge < -0.3 is 4.90 Å². The van der Waals surface area contributed by atoms with E-state index in [4.69, 9.17) is 0 Å². The summed E-state index contributed by atoms with van der Waals surface area (Å²) in [5.74, 6) is 0.274. The molecule has 126 valence electrons. The number of carbonyl (C=O) groups is 1. The van der Waals surface area contributed by atoms with E-state index in [9.17, 15) is 4.79 Å². The number of carbonyl (C=O) groups excluding carboxylic acids is 1. The monoisotopic (exact) mass is 339 g/mol. The van der Waals surface area contributed by atoms with Gasteiger partial charge in [-0.1, -0.05) is 50.1 Å². The molecule has 0 amide bonds. The number of fused-ring (bicyclic) bond motifs is 2. The Morgan fingerprint density at radius 3 is 2.54 bits per heavy atom. The number of Topliss-reactive ketones (excluding diaryl/α,β-unsaturated/α-hetero) is 1. The lowest BCUT2D eigenvalue weighted by atomic mass is 10.0. The van der Waals surface area contributed by atoms with E-state index in [-0.39, 0.29) is 5.78 Å². The van der Waals surface area contributed by atoms with Gasteiger partial charge in [0.1, 0.15) is 0 Å². The van der Waals surface area contributed by atoms with Gasteiger partial charge in [-0.05, 0) is 43.7 Å². The SMILES string of the molecule is CCCCCCC(=O)c1ccc2c(c1)Sc1ccccc1N2CC. The molecule has 2 aromatic carbocycles. The Hall–Kier alpha value is -1.74. The van der Waals surface area contributed by atoms with Gasteiger partial charge in [0.2, 0.25) is 0 Å². The van der Waals surface area contributed by atoms with Crippen molar-refractivity contribution in [2.45, 2.75) is 55.7 Å². The van der Waals surface area contributed by atoms with Crippen LogP contribution in [0.4, 0.5) is 11.4 Å². The summed E-state index contributed by atoms with van der Waals surface area (Å²) in [5, 5.41) is 0. The minimum atomic E-state index is 0.274. The van der Waals surface area contributed by atoms with Crippen molar-refractivity contribution in [1.29, 1.82) is 0 Å². The van der Waals surface area contributed by atoms with Gasteiger partial charge in [-0.15, -0.1) is 0 Å². The number of benzene rings is 2. The standard InChI is InChI=1S/C21H25NOS/c1-3-5-6-7-11-19(23)16-13-14-18-21(15-16)24-20-12-9-8-10-17(20)22(18)4-2/h8-10,12-15H,3-7,11H2,1-2H3. The van der Waals surface area contributed by atoms with Crippen molar-refractivity contribution < 1.29 is 4.79 Å². The highest BCUT2D eigenvalue weighted by molar-refractivity contribution is 7.99. The summed E-state index contributed by atoms with van der Waals surface area (Å²) in [7, 11) is 0. The predicted molar refractivity (Wildman–Crippen MR) is 103 cm³/mol. The second kappa shape index (κ2) is 7.89. The molecule has 0 radical (unpaired) electrons. The number of anilines is 2. The minimum Gasteiger partial charge on any atom is -0.340 e. The summed E-state index contributed by atoms with van der Waals surface area (Å²) >= 11 is 1.77. The number of rotatable bonds is 7. The Balaban J connectivity index is 1.81. The van der Waals surface area contributed by atoms with Gasteiger partial charge in [0.15, 0.2) is 5.78 Å². The van der Waals surface area contributed by atoms with Crippen molar-refractivity contribution in [3.05, 3.63) is 48.0 Å². The molecule has 0 spiro atoms. The molecule has 2 aromatic rings. The molecule has 0 bridgehead atoms. The highest BCUT2D eigenvalue weighted by Gasteiger charge is 2.22. The average Bonchev–Trinajstić information content (AvgIpc) is 2.62. The minimum absolute atomic E-state index is 0.274. The molecule has 1 aliphatic heterocycles. The van der Waals surface area contributed by atoms with Crippen molar-refractivity contribution in [2.75, 3.05) is 11.4 Å². The smallest absolute Gasteiger partial charge is 0.162 e. The van der Waals surface area contributed by atoms with E-state index in [1.165, 1.54) is 34.0 Å². The third-order valence-electron chi connectivity index (χ3n) is 4.52. The van der Waals surface area contributed by atoms with Crippen molar-refractivity contribution in [2.24, 2.45) is 0 Å². The highest BCUT2D eigenvalue weighted by Crippen LogP contribution is 2.48. The lowest BCUT2D eigenvalue weighted by molar-refractivity contribution is 0.0979. The van der Waals surface area contributed by atoms with Crippen molar-refractivity contribution in [3.63, 3.8) is 0 Å². The Kier molecular flexibility index (Phi) is 5.62. The van der Waals surface area contributed by atoms with E-state index < -0.39 is 0 Å². The fourth-order valence-corrected chi connectivity index (χ4v) is 4.34. The zero-order valence-corrected chi connectivity index (χ0v) is 15.4. The van der Waals surface area contributed by atoms with Gasteiger partial charge in [-0.3, -0.25) is 4.79 Å². The summed E-state index contributed by atoms with van der Waals surface area (Å²) < 4.78 is 0. The largest absolute Gasteiger partial charge is 0.340 e. The van der Waals surface area contributed by atoms with Gasteiger partial charge >= 0.3 is 0 Å². The van der Waals surface area contributed by atoms with Gasteiger partial charge in [-0.2, -0.15) is 0 Å². The molecule has 0 aromatic heterocycles. The van der Waals surface area contributed by atoms with Crippen LogP contribution in [0.15, 0.2) is 52.3 Å². The van der Waals surface area contributed by atoms with E-state index in [0.717, 1.165) is 24.9 Å². The second-order valence-electron chi connectivity index (χ2n) is 6.23. The Labute approximate surface area is 149 Å². The topological polar surface area (TPSA) is 20.3 Å². The number of hydrogen-bond acceptors (Lipinski definition) is 3. The molecule has 1 aliphatic rings. The first-order valence-corrected chi connectivity index (χ1v) is 9.78. The van der Waals surface area contributed by atoms with Crippen molar-refractivity contribution in [1.82, 2.24) is 0 Å². The number of ketones is 1. The quantitative estimate of drug-likeness (QED) is 0.426. The second-order valence-corrected chi connectivity index (χ2v) is 7.31. The molecule has 0 saturated carbocycles. The van der Waals surface area contributed by atoms with E-state index in [2.05, 4.69) is 55.1 Å². The zero-order valence-electron chi connectivity index (χ0n) is 14.5. The molecule has 3 heteroatoms. The summed E-state index contributed by atoms with van der Waals surface area (Å²) in [4.78, 5) is 17.3. The maximum absolute atomic E-state index is 12.5. The maximum Gasteiger partial charge on any atom is 0.162 e. The van der Waals surface area contributed by atoms with Gasteiger partial charge in [0.25, 0.3) is 0 Å². The van der Waals surface area contributed by atoms with Gasteiger partial charge in [0.05, 0.1) is 11.4 Å². The van der Waals surface area contributed by atoms with E-state index in [1.54, 1.807) is 11.8 Å². The van der Waals surface area contributed by atoms with Crippen LogP contribution in [0, 0.1) is 0 Å². The third-order valence-corrected chi connectivity index (χ3v) is 5.63. The summed E-state index contributed by atoms with van der Waals surface area (Å²) in [6, 6.07) is 14.7. The van der Waals surface area contributed by atoms with Crippen LogP contribution >= 0.6 is 11.8 Å².